The van der Waals surface area contributed by atoms with Gasteiger partial charge in [-0.25, -0.2) is 9.59 Å². The molecule has 1 rings (SSSR count). The van der Waals surface area contributed by atoms with Crippen LogP contribution >= 0.6 is 0 Å². The molecule has 2 unspecified atom stereocenters. The van der Waals surface area contributed by atoms with Gasteiger partial charge in [-0.15, -0.1) is 0 Å². The van der Waals surface area contributed by atoms with E-state index in [0.29, 0.717) is 0 Å². The topological polar surface area (TPSA) is 87.7 Å². The molecule has 0 bridgehead atoms. The van der Waals surface area contributed by atoms with E-state index in [-0.39, 0.29) is 17.6 Å². The van der Waals surface area contributed by atoms with Crippen molar-refractivity contribution in [3.05, 3.63) is 0 Å². The van der Waals surface area contributed by atoms with E-state index in [9.17, 15) is 14.7 Å². The molecule has 0 aromatic heterocycles. The Morgan fingerprint density at radius 1 is 1.35 bits per heavy atom. The number of amides is 2. The molecule has 1 fully saturated rings. The standard InChI is InChI=1S/C14H26N2O4/c1-13(2,3)10(11(17)18)16-12(19)15-8-7-9(20-6)14(8,4)5/h8-10H,7H2,1-6H3,(H,17,18)(H2,15,16,19)/t8?,9?,10-/m0/s1. The third-order valence-corrected chi connectivity index (χ3v) is 4.16. The number of aliphatic carboxylic acids is 1. The lowest BCUT2D eigenvalue weighted by atomic mass is 9.64. The third-order valence-electron chi connectivity index (χ3n) is 4.16. The minimum absolute atomic E-state index is 0.0122. The predicted molar refractivity (Wildman–Crippen MR) is 75.5 cm³/mol. The van der Waals surface area contributed by atoms with E-state index in [1.165, 1.54) is 0 Å². The number of urea groups is 1. The number of rotatable bonds is 4. The molecule has 1 aliphatic rings. The second kappa shape index (κ2) is 5.60. The Hall–Kier alpha value is -1.30. The van der Waals surface area contributed by atoms with Crippen molar-refractivity contribution in [3.8, 4) is 0 Å². The van der Waals surface area contributed by atoms with Gasteiger partial charge in [0.2, 0.25) is 0 Å². The largest absolute Gasteiger partial charge is 0.480 e. The number of hydrogen-bond acceptors (Lipinski definition) is 3. The molecule has 0 aromatic rings. The number of carboxylic acids is 1. The van der Waals surface area contributed by atoms with Gasteiger partial charge in [-0.1, -0.05) is 34.6 Å². The monoisotopic (exact) mass is 286 g/mol. The van der Waals surface area contributed by atoms with Gasteiger partial charge in [-0.3, -0.25) is 0 Å². The van der Waals surface area contributed by atoms with Crippen molar-refractivity contribution in [1.82, 2.24) is 10.6 Å². The van der Waals surface area contributed by atoms with Crippen LogP contribution in [0.5, 0.6) is 0 Å². The van der Waals surface area contributed by atoms with Crippen LogP contribution in [0.1, 0.15) is 41.0 Å². The molecule has 1 aliphatic carbocycles. The van der Waals surface area contributed by atoms with Crippen LogP contribution in [0.3, 0.4) is 0 Å². The van der Waals surface area contributed by atoms with E-state index in [2.05, 4.69) is 10.6 Å². The van der Waals surface area contributed by atoms with Gasteiger partial charge in [0.15, 0.2) is 0 Å². The molecule has 0 saturated heterocycles. The van der Waals surface area contributed by atoms with Crippen molar-refractivity contribution in [3.63, 3.8) is 0 Å². The van der Waals surface area contributed by atoms with Gasteiger partial charge in [0.1, 0.15) is 6.04 Å². The second-order valence-electron chi connectivity index (χ2n) is 7.09. The highest BCUT2D eigenvalue weighted by atomic mass is 16.5. The molecule has 1 saturated carbocycles. The summed E-state index contributed by atoms with van der Waals surface area (Å²) in [5.41, 5.74) is -0.695. The van der Waals surface area contributed by atoms with Gasteiger partial charge < -0.3 is 20.5 Å². The van der Waals surface area contributed by atoms with Crippen molar-refractivity contribution in [1.29, 1.82) is 0 Å². The molecule has 0 aromatic carbocycles. The first-order chi connectivity index (χ1) is 9.00. The van der Waals surface area contributed by atoms with Gasteiger partial charge in [-0.05, 0) is 11.8 Å². The molecular formula is C14H26N2O4. The zero-order valence-corrected chi connectivity index (χ0v) is 13.1. The highest BCUT2D eigenvalue weighted by molar-refractivity contribution is 5.83. The predicted octanol–water partition coefficient (Wildman–Crippen LogP) is 1.60. The van der Waals surface area contributed by atoms with Crippen LogP contribution in [0.25, 0.3) is 0 Å². The number of carboxylic acid groups (broad SMARTS) is 1. The zero-order chi connectivity index (χ0) is 15.7. The Morgan fingerprint density at radius 3 is 2.25 bits per heavy atom. The molecule has 2 amide bonds. The van der Waals surface area contributed by atoms with Gasteiger partial charge >= 0.3 is 12.0 Å². The first-order valence-corrected chi connectivity index (χ1v) is 6.82. The normalized spacial score (nSPS) is 26.3. The fourth-order valence-corrected chi connectivity index (χ4v) is 2.51. The first kappa shape index (κ1) is 16.8. The quantitative estimate of drug-likeness (QED) is 0.732. The number of ether oxygens (including phenoxy) is 1. The van der Waals surface area contributed by atoms with E-state index < -0.39 is 23.5 Å². The average molecular weight is 286 g/mol. The molecule has 0 heterocycles. The Balaban J connectivity index is 2.59. The lowest BCUT2D eigenvalue weighted by molar-refractivity contribution is -0.142. The molecule has 6 nitrogen and oxygen atoms in total. The number of carbonyl (C=O) groups is 2. The molecule has 6 heteroatoms. The van der Waals surface area contributed by atoms with Crippen LogP contribution in [0, 0.1) is 10.8 Å². The third kappa shape index (κ3) is 3.42. The summed E-state index contributed by atoms with van der Waals surface area (Å²) in [5, 5.41) is 14.6. The van der Waals surface area contributed by atoms with Crippen molar-refractivity contribution in [2.45, 2.75) is 59.2 Å². The summed E-state index contributed by atoms with van der Waals surface area (Å²) in [7, 11) is 1.66. The summed E-state index contributed by atoms with van der Waals surface area (Å²) in [6.07, 6.45) is 0.857. The van der Waals surface area contributed by atoms with Gasteiger partial charge in [0, 0.05) is 18.6 Å². The van der Waals surface area contributed by atoms with Crippen molar-refractivity contribution in [2.24, 2.45) is 10.8 Å². The Bertz CT molecular complexity index is 387. The number of methoxy groups -OCH3 is 1. The van der Waals surface area contributed by atoms with Crippen LogP contribution in [0.2, 0.25) is 0 Å². The van der Waals surface area contributed by atoms with Crippen molar-refractivity contribution < 1.29 is 19.4 Å². The molecule has 0 spiro atoms. The zero-order valence-electron chi connectivity index (χ0n) is 13.1. The Morgan fingerprint density at radius 2 is 1.90 bits per heavy atom. The average Bonchev–Trinajstić information content (AvgIpc) is 2.29. The molecule has 3 N–H and O–H groups in total. The van der Waals surface area contributed by atoms with Crippen LogP contribution in [-0.2, 0) is 9.53 Å². The lowest BCUT2D eigenvalue weighted by Gasteiger charge is -2.51. The lowest BCUT2D eigenvalue weighted by Crippen LogP contribution is -2.64. The molecule has 20 heavy (non-hydrogen) atoms. The van der Waals surface area contributed by atoms with Crippen LogP contribution in [-0.4, -0.2) is 42.4 Å². The molecular weight excluding hydrogens is 260 g/mol. The SMILES string of the molecule is COC1CC(NC(=O)N[C@@H](C(=O)O)C(C)(C)C)C1(C)C. The maximum absolute atomic E-state index is 12.0. The number of carbonyl (C=O) groups excluding carboxylic acids is 1. The smallest absolute Gasteiger partial charge is 0.326 e. The molecule has 116 valence electrons. The fraction of sp³-hybridized carbons (Fsp3) is 0.857. The summed E-state index contributed by atoms with van der Waals surface area (Å²) in [5.74, 6) is -1.03. The summed E-state index contributed by atoms with van der Waals surface area (Å²) < 4.78 is 5.32. The highest BCUT2D eigenvalue weighted by Crippen LogP contribution is 2.42. The van der Waals surface area contributed by atoms with Crippen LogP contribution < -0.4 is 10.6 Å². The maximum Gasteiger partial charge on any atom is 0.326 e. The summed E-state index contributed by atoms with van der Waals surface area (Å²) >= 11 is 0. The van der Waals surface area contributed by atoms with Gasteiger partial charge in [0.25, 0.3) is 0 Å². The summed E-state index contributed by atoms with van der Waals surface area (Å²) in [4.78, 5) is 23.2. The molecule has 0 radical (unpaired) electrons. The molecule has 3 atom stereocenters. The van der Waals surface area contributed by atoms with E-state index in [1.807, 2.05) is 13.8 Å². The highest BCUT2D eigenvalue weighted by Gasteiger charge is 2.49. The molecule has 0 aliphatic heterocycles. The van der Waals surface area contributed by atoms with Gasteiger partial charge in [-0.2, -0.15) is 0 Å². The Labute approximate surface area is 120 Å². The van der Waals surface area contributed by atoms with E-state index >= 15 is 0 Å². The maximum atomic E-state index is 12.0. The number of hydrogen-bond donors (Lipinski definition) is 3. The second-order valence-corrected chi connectivity index (χ2v) is 7.09. The minimum atomic E-state index is -1.03. The summed E-state index contributed by atoms with van der Waals surface area (Å²) in [6.45, 7) is 9.38. The van der Waals surface area contributed by atoms with Crippen LogP contribution in [0.15, 0.2) is 0 Å². The van der Waals surface area contributed by atoms with Crippen molar-refractivity contribution in [2.75, 3.05) is 7.11 Å². The van der Waals surface area contributed by atoms with Crippen molar-refractivity contribution >= 4 is 12.0 Å². The first-order valence-electron chi connectivity index (χ1n) is 6.82. The Kier molecular flexibility index (Phi) is 4.69. The number of nitrogens with one attached hydrogen (secondary N) is 2. The van der Waals surface area contributed by atoms with Crippen LogP contribution in [0.4, 0.5) is 4.79 Å². The van der Waals surface area contributed by atoms with E-state index in [0.717, 1.165) is 6.42 Å². The minimum Gasteiger partial charge on any atom is -0.480 e. The van der Waals surface area contributed by atoms with E-state index in [1.54, 1.807) is 27.9 Å². The fourth-order valence-electron chi connectivity index (χ4n) is 2.51. The summed E-state index contributed by atoms with van der Waals surface area (Å²) in [6, 6.07) is -1.38. The van der Waals surface area contributed by atoms with E-state index in [4.69, 9.17) is 4.74 Å². The van der Waals surface area contributed by atoms with Gasteiger partial charge in [0.05, 0.1) is 6.10 Å².